The first-order valence-corrected chi connectivity index (χ1v) is 8.14. The van der Waals surface area contributed by atoms with E-state index in [-0.39, 0.29) is 17.7 Å². The van der Waals surface area contributed by atoms with E-state index in [9.17, 15) is 18.4 Å². The zero-order valence-corrected chi connectivity index (χ0v) is 14.3. The van der Waals surface area contributed by atoms with Gasteiger partial charge in [0.2, 0.25) is 5.43 Å². The van der Waals surface area contributed by atoms with Crippen molar-refractivity contribution in [3.8, 4) is 0 Å². The number of carbonyl (C=O) groups excluding carboxylic acids is 1. The van der Waals surface area contributed by atoms with Crippen molar-refractivity contribution in [1.82, 2.24) is 14.9 Å². The summed E-state index contributed by atoms with van der Waals surface area (Å²) >= 11 is 0. The highest BCUT2D eigenvalue weighted by molar-refractivity contribution is 5.96. The fraction of sp³-hybridized carbons (Fsp3) is 0.211. The van der Waals surface area contributed by atoms with E-state index in [1.807, 2.05) is 13.8 Å². The summed E-state index contributed by atoms with van der Waals surface area (Å²) in [5.41, 5.74) is 0.431. The van der Waals surface area contributed by atoms with Gasteiger partial charge >= 0.3 is 0 Å². The molecule has 3 aromatic rings. The number of nitrogens with one attached hydrogen (secondary N) is 1. The van der Waals surface area contributed by atoms with E-state index in [1.54, 1.807) is 16.7 Å². The quantitative estimate of drug-likeness (QED) is 0.781. The van der Waals surface area contributed by atoms with Gasteiger partial charge in [-0.1, -0.05) is 6.07 Å². The number of aromatic nitrogens is 2. The molecule has 26 heavy (non-hydrogen) atoms. The second-order valence-electron chi connectivity index (χ2n) is 5.86. The van der Waals surface area contributed by atoms with Crippen LogP contribution < -0.4 is 10.7 Å². The van der Waals surface area contributed by atoms with Crippen molar-refractivity contribution in [2.45, 2.75) is 26.9 Å². The highest BCUT2D eigenvalue weighted by Gasteiger charge is 2.17. The number of benzene rings is 1. The molecule has 3 rings (SSSR count). The Morgan fingerprint density at radius 3 is 2.54 bits per heavy atom. The summed E-state index contributed by atoms with van der Waals surface area (Å²) in [7, 11) is 0. The summed E-state index contributed by atoms with van der Waals surface area (Å²) in [5.74, 6) is -2.20. The topological polar surface area (TPSA) is 64.0 Å². The van der Waals surface area contributed by atoms with Crippen LogP contribution in [0.25, 0.3) is 11.0 Å². The molecule has 5 nitrogen and oxygen atoms in total. The van der Waals surface area contributed by atoms with Gasteiger partial charge in [-0.15, -0.1) is 0 Å². The molecule has 134 valence electrons. The van der Waals surface area contributed by atoms with Gasteiger partial charge in [0.05, 0.1) is 5.39 Å². The number of fused-ring (bicyclic) bond motifs is 1. The molecule has 1 N–H and O–H groups in total. The first kappa shape index (κ1) is 17.7. The van der Waals surface area contributed by atoms with E-state index in [1.165, 1.54) is 12.3 Å². The SMILES string of the molecule is CCn1cc(C(=O)NCc2c(F)cccc2F)c(=O)c2ccc(C)nc21. The van der Waals surface area contributed by atoms with Crippen LogP contribution in [0.4, 0.5) is 8.78 Å². The van der Waals surface area contributed by atoms with Gasteiger partial charge in [0.25, 0.3) is 5.91 Å². The van der Waals surface area contributed by atoms with Crippen LogP contribution >= 0.6 is 0 Å². The second-order valence-corrected chi connectivity index (χ2v) is 5.86. The predicted molar refractivity (Wildman–Crippen MR) is 93.9 cm³/mol. The van der Waals surface area contributed by atoms with Crippen LogP contribution in [0.1, 0.15) is 28.5 Å². The molecule has 7 heteroatoms. The van der Waals surface area contributed by atoms with Crippen molar-refractivity contribution in [3.05, 3.63) is 75.2 Å². The maximum atomic E-state index is 13.7. The molecule has 0 fully saturated rings. The molecule has 0 aliphatic heterocycles. The smallest absolute Gasteiger partial charge is 0.257 e. The number of hydrogen-bond acceptors (Lipinski definition) is 3. The lowest BCUT2D eigenvalue weighted by atomic mass is 10.1. The van der Waals surface area contributed by atoms with Crippen LogP contribution in [0.15, 0.2) is 41.3 Å². The van der Waals surface area contributed by atoms with E-state index >= 15 is 0 Å². The Kier molecular flexibility index (Phi) is 4.79. The number of amides is 1. The molecule has 0 radical (unpaired) electrons. The van der Waals surface area contributed by atoms with Gasteiger partial charge in [0.1, 0.15) is 22.8 Å². The van der Waals surface area contributed by atoms with Gasteiger partial charge in [-0.25, -0.2) is 13.8 Å². The standard InChI is InChI=1S/C19H17F2N3O2/c1-3-24-10-14(17(25)12-8-7-11(2)23-18(12)24)19(26)22-9-13-15(20)5-4-6-16(13)21/h4-8,10H,3,9H2,1-2H3,(H,22,26). The molecule has 0 aliphatic rings. The van der Waals surface area contributed by atoms with Gasteiger partial charge in [-0.2, -0.15) is 0 Å². The van der Waals surface area contributed by atoms with Crippen molar-refractivity contribution < 1.29 is 13.6 Å². The predicted octanol–water partition coefficient (Wildman–Crippen LogP) is 2.93. The summed E-state index contributed by atoms with van der Waals surface area (Å²) in [6, 6.07) is 6.78. The van der Waals surface area contributed by atoms with Crippen LogP contribution in [0, 0.1) is 18.6 Å². The van der Waals surface area contributed by atoms with Gasteiger partial charge in [-0.3, -0.25) is 9.59 Å². The molecule has 0 unspecified atom stereocenters. The largest absolute Gasteiger partial charge is 0.348 e. The zero-order chi connectivity index (χ0) is 18.8. The third kappa shape index (κ3) is 3.20. The molecule has 0 bridgehead atoms. The Balaban J connectivity index is 1.97. The van der Waals surface area contributed by atoms with E-state index in [2.05, 4.69) is 10.3 Å². The molecule has 1 amide bonds. The maximum absolute atomic E-state index is 13.7. The molecule has 0 atom stereocenters. The Bertz CT molecular complexity index is 1040. The lowest BCUT2D eigenvalue weighted by Gasteiger charge is -2.12. The normalized spacial score (nSPS) is 10.9. The van der Waals surface area contributed by atoms with E-state index in [0.29, 0.717) is 17.6 Å². The molecule has 2 heterocycles. The fourth-order valence-corrected chi connectivity index (χ4v) is 2.73. The maximum Gasteiger partial charge on any atom is 0.257 e. The molecule has 0 saturated carbocycles. The van der Waals surface area contributed by atoms with Crippen LogP contribution in [0.3, 0.4) is 0 Å². The Morgan fingerprint density at radius 2 is 1.88 bits per heavy atom. The average molecular weight is 357 g/mol. The van der Waals surface area contributed by atoms with Crippen LogP contribution in [-0.4, -0.2) is 15.5 Å². The summed E-state index contributed by atoms with van der Waals surface area (Å²) in [5, 5.41) is 2.73. The lowest BCUT2D eigenvalue weighted by Crippen LogP contribution is -2.30. The minimum Gasteiger partial charge on any atom is -0.348 e. The molecule has 0 spiro atoms. The van der Waals surface area contributed by atoms with Gasteiger partial charge in [0, 0.05) is 30.5 Å². The number of aryl methyl sites for hydroxylation is 2. The lowest BCUT2D eigenvalue weighted by molar-refractivity contribution is 0.0948. The van der Waals surface area contributed by atoms with E-state index in [4.69, 9.17) is 0 Å². The van der Waals surface area contributed by atoms with Crippen LogP contribution in [0.2, 0.25) is 0 Å². The highest BCUT2D eigenvalue weighted by atomic mass is 19.1. The van der Waals surface area contributed by atoms with Crippen molar-refractivity contribution >= 4 is 16.9 Å². The summed E-state index contributed by atoms with van der Waals surface area (Å²) in [6.45, 7) is 3.83. The van der Waals surface area contributed by atoms with Crippen molar-refractivity contribution in [2.75, 3.05) is 0 Å². The summed E-state index contributed by atoms with van der Waals surface area (Å²) in [6.07, 6.45) is 1.42. The molecular formula is C19H17F2N3O2. The van der Waals surface area contributed by atoms with Crippen molar-refractivity contribution in [2.24, 2.45) is 0 Å². The van der Waals surface area contributed by atoms with Gasteiger partial charge < -0.3 is 9.88 Å². The van der Waals surface area contributed by atoms with Crippen molar-refractivity contribution in [3.63, 3.8) is 0 Å². The van der Waals surface area contributed by atoms with Gasteiger partial charge in [0.15, 0.2) is 0 Å². The van der Waals surface area contributed by atoms with E-state index in [0.717, 1.165) is 17.8 Å². The number of halogens is 2. The second kappa shape index (κ2) is 7.03. The molecule has 0 aliphatic carbocycles. The van der Waals surface area contributed by atoms with Crippen molar-refractivity contribution in [1.29, 1.82) is 0 Å². The summed E-state index contributed by atoms with van der Waals surface area (Å²) in [4.78, 5) is 29.4. The average Bonchev–Trinajstić information content (AvgIpc) is 2.61. The minimum absolute atomic E-state index is 0.0956. The molecule has 0 saturated heterocycles. The number of nitrogens with zero attached hydrogens (tertiary/aromatic N) is 2. The molecular weight excluding hydrogens is 340 g/mol. The first-order valence-electron chi connectivity index (χ1n) is 8.14. The third-order valence-electron chi connectivity index (χ3n) is 4.13. The fourth-order valence-electron chi connectivity index (χ4n) is 2.73. The molecule has 2 aromatic heterocycles. The Hall–Kier alpha value is -3.09. The monoisotopic (exact) mass is 357 g/mol. The number of carbonyl (C=O) groups is 1. The summed E-state index contributed by atoms with van der Waals surface area (Å²) < 4.78 is 29.1. The third-order valence-corrected chi connectivity index (χ3v) is 4.13. The Labute approximate surface area is 148 Å². The highest BCUT2D eigenvalue weighted by Crippen LogP contribution is 2.13. The number of pyridine rings is 2. The van der Waals surface area contributed by atoms with E-state index < -0.39 is 23.0 Å². The number of hydrogen-bond donors (Lipinski definition) is 1. The first-order chi connectivity index (χ1) is 12.4. The van der Waals surface area contributed by atoms with Gasteiger partial charge in [-0.05, 0) is 38.1 Å². The van der Waals surface area contributed by atoms with Crippen LogP contribution in [-0.2, 0) is 13.1 Å². The minimum atomic E-state index is -0.755. The zero-order valence-electron chi connectivity index (χ0n) is 14.3. The molecule has 1 aromatic carbocycles. The number of rotatable bonds is 4. The van der Waals surface area contributed by atoms with Crippen LogP contribution in [0.5, 0.6) is 0 Å². The Morgan fingerprint density at radius 1 is 1.19 bits per heavy atom.